The van der Waals surface area contributed by atoms with Crippen molar-refractivity contribution >= 4 is 29.9 Å². The van der Waals surface area contributed by atoms with Crippen molar-refractivity contribution < 1.29 is 14.6 Å². The van der Waals surface area contributed by atoms with Gasteiger partial charge in [0.05, 0.1) is 13.2 Å². The number of aliphatic hydroxyl groups is 1. The second-order valence-electron chi connectivity index (χ2n) is 6.05. The lowest BCUT2D eigenvalue weighted by Gasteiger charge is -2.18. The Balaban J connectivity index is 0.00000261. The van der Waals surface area contributed by atoms with Crippen LogP contribution in [0.2, 0.25) is 0 Å². The van der Waals surface area contributed by atoms with Crippen LogP contribution in [0.4, 0.5) is 0 Å². The number of guanidine groups is 1. The minimum atomic E-state index is 0. The number of hydrogen-bond acceptors (Lipinski definition) is 4. The molecule has 3 N–H and O–H groups in total. The van der Waals surface area contributed by atoms with Gasteiger partial charge in [0.25, 0.3) is 0 Å². The molecule has 2 aromatic rings. The van der Waals surface area contributed by atoms with Crippen LogP contribution in [0.15, 0.2) is 53.5 Å². The Kier molecular flexibility index (Phi) is 8.66. The quantitative estimate of drug-likeness (QED) is 0.321. The van der Waals surface area contributed by atoms with Gasteiger partial charge in [-0.2, -0.15) is 0 Å². The first-order valence-electron chi connectivity index (χ1n) is 8.86. The van der Waals surface area contributed by atoms with Gasteiger partial charge in [0, 0.05) is 19.0 Å². The summed E-state index contributed by atoms with van der Waals surface area (Å²) in [5.41, 5.74) is 2.15. The zero-order chi connectivity index (χ0) is 18.2. The molecule has 1 unspecified atom stereocenters. The molecule has 0 saturated heterocycles. The number of hydrogen-bond donors (Lipinski definition) is 3. The average Bonchev–Trinajstić information content (AvgIpc) is 3.15. The molecular weight excluding hydrogens is 457 g/mol. The number of nitrogens with one attached hydrogen (secondary N) is 2. The molecule has 6 nitrogen and oxygen atoms in total. The van der Waals surface area contributed by atoms with E-state index in [-0.39, 0.29) is 43.3 Å². The van der Waals surface area contributed by atoms with E-state index in [1.165, 1.54) is 0 Å². The first-order chi connectivity index (χ1) is 12.8. The fourth-order valence-corrected chi connectivity index (χ4v) is 2.78. The molecule has 0 fully saturated rings. The molecule has 0 radical (unpaired) electrons. The minimum absolute atomic E-state index is 0. The summed E-state index contributed by atoms with van der Waals surface area (Å²) in [6.45, 7) is 4.28. The lowest BCUT2D eigenvalue weighted by Crippen LogP contribution is -2.39. The van der Waals surface area contributed by atoms with Gasteiger partial charge in [0.15, 0.2) is 17.5 Å². The molecule has 27 heavy (non-hydrogen) atoms. The topological polar surface area (TPSA) is 75.1 Å². The fraction of sp³-hybridized carbons (Fsp3) is 0.350. The second kappa shape index (κ2) is 11.0. The normalized spacial score (nSPS) is 13.6. The van der Waals surface area contributed by atoms with Gasteiger partial charge in [0.1, 0.15) is 0 Å². The number of ether oxygens (including phenoxy) is 2. The van der Waals surface area contributed by atoms with Gasteiger partial charge in [-0.15, -0.1) is 24.0 Å². The maximum absolute atomic E-state index is 9.69. The van der Waals surface area contributed by atoms with Gasteiger partial charge in [-0.25, -0.2) is 4.99 Å². The summed E-state index contributed by atoms with van der Waals surface area (Å²) in [5, 5.41) is 16.2. The van der Waals surface area contributed by atoms with Crippen molar-refractivity contribution in [3.05, 3.63) is 59.7 Å². The Morgan fingerprint density at radius 1 is 1.11 bits per heavy atom. The molecule has 146 valence electrons. The third-order valence-electron chi connectivity index (χ3n) is 4.21. The van der Waals surface area contributed by atoms with Crippen LogP contribution in [0.1, 0.15) is 24.0 Å². The molecule has 1 aliphatic rings. The van der Waals surface area contributed by atoms with E-state index in [4.69, 9.17) is 9.47 Å². The van der Waals surface area contributed by atoms with E-state index in [0.29, 0.717) is 13.1 Å². The number of aliphatic hydroxyl groups excluding tert-OH is 1. The highest BCUT2D eigenvalue weighted by Gasteiger charge is 2.13. The summed E-state index contributed by atoms with van der Waals surface area (Å²) in [6, 6.07) is 15.8. The molecule has 2 aromatic carbocycles. The Labute approximate surface area is 177 Å². The van der Waals surface area contributed by atoms with Crippen LogP contribution in [0.5, 0.6) is 11.5 Å². The Morgan fingerprint density at radius 2 is 1.89 bits per heavy atom. The standard InChI is InChI=1S/C20H25N3O3.HI/c1-2-21-20(23-12-17(13-24)16-6-4-3-5-7-16)22-11-15-8-9-18-19(10-15)26-14-25-18;/h3-10,17,24H,2,11-14H2,1H3,(H2,21,22,23);1H. The van der Waals surface area contributed by atoms with Crippen molar-refractivity contribution in [2.45, 2.75) is 19.4 Å². The van der Waals surface area contributed by atoms with Crippen LogP contribution in [-0.2, 0) is 6.54 Å². The number of aliphatic imine (C=N–C) groups is 1. The lowest BCUT2D eigenvalue weighted by atomic mass is 10.0. The van der Waals surface area contributed by atoms with Crippen LogP contribution in [0.25, 0.3) is 0 Å². The van der Waals surface area contributed by atoms with E-state index in [1.54, 1.807) is 0 Å². The largest absolute Gasteiger partial charge is 0.454 e. The van der Waals surface area contributed by atoms with Gasteiger partial charge in [-0.05, 0) is 30.2 Å². The number of halogens is 1. The van der Waals surface area contributed by atoms with Crippen molar-refractivity contribution in [1.29, 1.82) is 0 Å². The zero-order valence-electron chi connectivity index (χ0n) is 15.4. The lowest BCUT2D eigenvalue weighted by molar-refractivity contribution is 0.174. The third-order valence-corrected chi connectivity index (χ3v) is 4.21. The number of fused-ring (bicyclic) bond motifs is 1. The third kappa shape index (κ3) is 6.00. The maximum Gasteiger partial charge on any atom is 0.231 e. The predicted molar refractivity (Wildman–Crippen MR) is 117 cm³/mol. The smallest absolute Gasteiger partial charge is 0.231 e. The van der Waals surface area contributed by atoms with Gasteiger partial charge in [-0.1, -0.05) is 36.4 Å². The number of nitrogens with zero attached hydrogens (tertiary/aromatic N) is 1. The molecule has 1 aliphatic heterocycles. The molecule has 0 spiro atoms. The molecule has 0 aliphatic carbocycles. The van der Waals surface area contributed by atoms with E-state index >= 15 is 0 Å². The average molecular weight is 483 g/mol. The van der Waals surface area contributed by atoms with Gasteiger partial charge >= 0.3 is 0 Å². The molecular formula is C20H26IN3O3. The summed E-state index contributed by atoms with van der Waals surface area (Å²) < 4.78 is 10.7. The van der Waals surface area contributed by atoms with Crippen LogP contribution in [0.3, 0.4) is 0 Å². The highest BCUT2D eigenvalue weighted by atomic mass is 127. The monoisotopic (exact) mass is 483 g/mol. The van der Waals surface area contributed by atoms with Crippen molar-refractivity contribution in [1.82, 2.24) is 10.6 Å². The van der Waals surface area contributed by atoms with Gasteiger partial charge < -0.3 is 25.2 Å². The van der Waals surface area contributed by atoms with Crippen LogP contribution >= 0.6 is 24.0 Å². The van der Waals surface area contributed by atoms with Crippen LogP contribution in [0, 0.1) is 0 Å². The summed E-state index contributed by atoms with van der Waals surface area (Å²) in [5.74, 6) is 2.28. The van der Waals surface area contributed by atoms with Crippen LogP contribution in [-0.4, -0.2) is 37.6 Å². The summed E-state index contributed by atoms with van der Waals surface area (Å²) in [4.78, 5) is 4.63. The van der Waals surface area contributed by atoms with Crippen molar-refractivity contribution in [3.63, 3.8) is 0 Å². The number of rotatable bonds is 7. The van der Waals surface area contributed by atoms with E-state index in [9.17, 15) is 5.11 Å². The SMILES string of the molecule is CCNC(=NCc1ccc2c(c1)OCO2)NCC(CO)c1ccccc1.I. The molecule has 0 bridgehead atoms. The van der Waals surface area contributed by atoms with E-state index in [2.05, 4.69) is 15.6 Å². The maximum atomic E-state index is 9.69. The fourth-order valence-electron chi connectivity index (χ4n) is 2.78. The molecule has 0 aromatic heterocycles. The second-order valence-corrected chi connectivity index (χ2v) is 6.05. The van der Waals surface area contributed by atoms with Gasteiger partial charge in [-0.3, -0.25) is 0 Å². The summed E-state index contributed by atoms with van der Waals surface area (Å²) in [6.07, 6.45) is 0. The Hall–Kier alpha value is -2.00. The molecule has 3 rings (SSSR count). The van der Waals surface area contributed by atoms with Gasteiger partial charge in [0.2, 0.25) is 6.79 Å². The summed E-state index contributed by atoms with van der Waals surface area (Å²) >= 11 is 0. The van der Waals surface area contributed by atoms with E-state index in [0.717, 1.165) is 35.1 Å². The minimum Gasteiger partial charge on any atom is -0.454 e. The first-order valence-corrected chi connectivity index (χ1v) is 8.86. The van der Waals surface area contributed by atoms with E-state index in [1.807, 2.05) is 55.5 Å². The summed E-state index contributed by atoms with van der Waals surface area (Å²) in [7, 11) is 0. The highest BCUT2D eigenvalue weighted by Crippen LogP contribution is 2.32. The van der Waals surface area contributed by atoms with E-state index < -0.39 is 0 Å². The first kappa shape index (κ1) is 21.3. The molecule has 1 atom stereocenters. The Bertz CT molecular complexity index is 741. The molecule has 0 amide bonds. The van der Waals surface area contributed by atoms with Crippen molar-refractivity contribution in [2.24, 2.45) is 4.99 Å². The Morgan fingerprint density at radius 3 is 2.63 bits per heavy atom. The van der Waals surface area contributed by atoms with Crippen molar-refractivity contribution in [3.8, 4) is 11.5 Å². The van der Waals surface area contributed by atoms with Crippen LogP contribution < -0.4 is 20.1 Å². The van der Waals surface area contributed by atoms with Crippen molar-refractivity contribution in [2.75, 3.05) is 26.5 Å². The highest BCUT2D eigenvalue weighted by molar-refractivity contribution is 14.0. The molecule has 1 heterocycles. The zero-order valence-corrected chi connectivity index (χ0v) is 17.7. The predicted octanol–water partition coefficient (Wildman–Crippen LogP) is 2.86. The molecule has 0 saturated carbocycles. The molecule has 7 heteroatoms. The number of benzene rings is 2.